The summed E-state index contributed by atoms with van der Waals surface area (Å²) < 4.78 is 46.4. The highest BCUT2D eigenvalue weighted by atomic mass is 127. The molecule has 2 aromatic rings. The van der Waals surface area contributed by atoms with Crippen LogP contribution in [0.2, 0.25) is 0 Å². The van der Waals surface area contributed by atoms with E-state index in [0.717, 1.165) is 9.77 Å². The normalized spacial score (nSPS) is 12.2. The molecule has 0 amide bonds. The van der Waals surface area contributed by atoms with Gasteiger partial charge in [0.15, 0.2) is 5.82 Å². The molecular formula is C16H17F3IN3O. The van der Waals surface area contributed by atoms with Crippen LogP contribution in [-0.4, -0.2) is 22.6 Å². The lowest BCUT2D eigenvalue weighted by atomic mass is 10.2. The fourth-order valence-corrected chi connectivity index (χ4v) is 2.47. The smallest absolute Gasteiger partial charge is 0.421 e. The number of benzene rings is 1. The van der Waals surface area contributed by atoms with Crippen molar-refractivity contribution < 1.29 is 17.9 Å². The van der Waals surface area contributed by atoms with Gasteiger partial charge in [-0.25, -0.2) is 4.98 Å². The largest absolute Gasteiger partial charge is 0.458 e. The number of rotatable bonds is 3. The lowest BCUT2D eigenvalue weighted by Gasteiger charge is -2.24. The molecule has 0 spiro atoms. The Labute approximate surface area is 152 Å². The topological polar surface area (TPSA) is 38.2 Å². The summed E-state index contributed by atoms with van der Waals surface area (Å²) in [4.78, 5) is 9.08. The Balaban J connectivity index is 2.53. The van der Waals surface area contributed by atoms with Gasteiger partial charge in [-0.05, 0) is 61.6 Å². The van der Waals surface area contributed by atoms with Gasteiger partial charge in [-0.1, -0.05) is 6.07 Å². The van der Waals surface area contributed by atoms with E-state index in [1.807, 2.05) is 6.07 Å². The van der Waals surface area contributed by atoms with Gasteiger partial charge in [0.2, 0.25) is 0 Å². The SMILES string of the molecule is CN(c1cccc(I)c1)c1nc(OC(C)(C)C)ncc1C(F)(F)F. The molecule has 1 aromatic heterocycles. The molecule has 0 unspecified atom stereocenters. The van der Waals surface area contributed by atoms with Gasteiger partial charge in [-0.2, -0.15) is 18.2 Å². The number of anilines is 2. The second-order valence-electron chi connectivity index (χ2n) is 6.14. The lowest BCUT2D eigenvalue weighted by Crippen LogP contribution is -2.26. The molecule has 2 rings (SSSR count). The Hall–Kier alpha value is -1.58. The molecule has 0 saturated carbocycles. The zero-order valence-electron chi connectivity index (χ0n) is 13.6. The molecule has 0 bridgehead atoms. The molecule has 0 aliphatic heterocycles. The van der Waals surface area contributed by atoms with Gasteiger partial charge in [-0.15, -0.1) is 0 Å². The van der Waals surface area contributed by atoms with E-state index < -0.39 is 17.3 Å². The highest BCUT2D eigenvalue weighted by molar-refractivity contribution is 14.1. The van der Waals surface area contributed by atoms with Gasteiger partial charge in [-0.3, -0.25) is 0 Å². The van der Waals surface area contributed by atoms with E-state index in [1.54, 1.807) is 39.0 Å². The van der Waals surface area contributed by atoms with Gasteiger partial charge < -0.3 is 9.64 Å². The third-order valence-electron chi connectivity index (χ3n) is 2.96. The fraction of sp³-hybridized carbons (Fsp3) is 0.375. The molecule has 1 heterocycles. The summed E-state index contributed by atoms with van der Waals surface area (Å²) >= 11 is 2.10. The van der Waals surface area contributed by atoms with Crippen molar-refractivity contribution in [2.75, 3.05) is 11.9 Å². The molecule has 0 radical (unpaired) electrons. The van der Waals surface area contributed by atoms with Crippen LogP contribution >= 0.6 is 22.6 Å². The zero-order valence-corrected chi connectivity index (χ0v) is 15.8. The summed E-state index contributed by atoms with van der Waals surface area (Å²) in [6, 6.07) is 7.02. The maximum atomic E-state index is 13.3. The van der Waals surface area contributed by atoms with E-state index in [9.17, 15) is 13.2 Å². The van der Waals surface area contributed by atoms with E-state index in [4.69, 9.17) is 4.74 Å². The summed E-state index contributed by atoms with van der Waals surface area (Å²) in [5.74, 6) is -0.251. The van der Waals surface area contributed by atoms with Gasteiger partial charge in [0, 0.05) is 22.5 Å². The minimum atomic E-state index is -4.56. The predicted molar refractivity (Wildman–Crippen MR) is 94.6 cm³/mol. The standard InChI is InChI=1S/C16H17F3IN3O/c1-15(2,3)24-14-21-9-12(16(17,18)19)13(22-14)23(4)11-7-5-6-10(20)8-11/h5-9H,1-4H3. The Morgan fingerprint density at radius 1 is 1.17 bits per heavy atom. The molecule has 1 aromatic carbocycles. The molecule has 4 nitrogen and oxygen atoms in total. The van der Waals surface area contributed by atoms with Gasteiger partial charge in [0.05, 0.1) is 0 Å². The molecular weight excluding hydrogens is 434 g/mol. The van der Waals surface area contributed by atoms with Crippen molar-refractivity contribution in [2.24, 2.45) is 0 Å². The first-order chi connectivity index (χ1) is 11.0. The third-order valence-corrected chi connectivity index (χ3v) is 3.63. The highest BCUT2D eigenvalue weighted by Gasteiger charge is 2.37. The molecule has 0 aliphatic carbocycles. The molecule has 8 heteroatoms. The van der Waals surface area contributed by atoms with Crippen molar-refractivity contribution in [3.8, 4) is 6.01 Å². The van der Waals surface area contributed by atoms with E-state index in [-0.39, 0.29) is 11.8 Å². The van der Waals surface area contributed by atoms with Crippen LogP contribution in [0, 0.1) is 3.57 Å². The molecule has 0 saturated heterocycles. The molecule has 0 atom stereocenters. The summed E-state index contributed by atoms with van der Waals surface area (Å²) in [6.07, 6.45) is -3.81. The number of nitrogens with zero attached hydrogens (tertiary/aromatic N) is 3. The number of aromatic nitrogens is 2. The number of ether oxygens (including phenoxy) is 1. The minimum absolute atomic E-state index is 0.0945. The van der Waals surface area contributed by atoms with Gasteiger partial charge >= 0.3 is 12.2 Å². The number of halogens is 4. The first-order valence-corrected chi connectivity index (χ1v) is 8.18. The Bertz CT molecular complexity index is 729. The number of hydrogen-bond donors (Lipinski definition) is 0. The average molecular weight is 451 g/mol. The van der Waals surface area contributed by atoms with Crippen LogP contribution in [-0.2, 0) is 6.18 Å². The summed E-state index contributed by atoms with van der Waals surface area (Å²) in [5.41, 5.74) is -0.935. The zero-order chi connectivity index (χ0) is 18.1. The first-order valence-electron chi connectivity index (χ1n) is 7.10. The van der Waals surface area contributed by atoms with Crippen LogP contribution in [0.5, 0.6) is 6.01 Å². The minimum Gasteiger partial charge on any atom is -0.458 e. The lowest BCUT2D eigenvalue weighted by molar-refractivity contribution is -0.137. The van der Waals surface area contributed by atoms with Crippen molar-refractivity contribution in [2.45, 2.75) is 32.5 Å². The Morgan fingerprint density at radius 2 is 1.83 bits per heavy atom. The van der Waals surface area contributed by atoms with Crippen LogP contribution in [0.15, 0.2) is 30.5 Å². The highest BCUT2D eigenvalue weighted by Crippen LogP contribution is 2.38. The maximum absolute atomic E-state index is 13.3. The van der Waals surface area contributed by atoms with E-state index in [0.29, 0.717) is 5.69 Å². The summed E-state index contributed by atoms with van der Waals surface area (Å²) in [7, 11) is 1.53. The average Bonchev–Trinajstić information content (AvgIpc) is 2.43. The quantitative estimate of drug-likeness (QED) is 0.613. The van der Waals surface area contributed by atoms with Crippen LogP contribution in [0.1, 0.15) is 26.3 Å². The second kappa shape index (κ2) is 6.73. The van der Waals surface area contributed by atoms with Crippen LogP contribution in [0.3, 0.4) is 0 Å². The van der Waals surface area contributed by atoms with Crippen molar-refractivity contribution in [1.29, 1.82) is 0 Å². The monoisotopic (exact) mass is 451 g/mol. The Kier molecular flexibility index (Phi) is 5.26. The van der Waals surface area contributed by atoms with Crippen LogP contribution in [0.25, 0.3) is 0 Å². The fourth-order valence-electron chi connectivity index (χ4n) is 1.94. The maximum Gasteiger partial charge on any atom is 0.421 e. The summed E-state index contributed by atoms with van der Waals surface area (Å²) in [5, 5.41) is 0. The van der Waals surface area contributed by atoms with E-state index >= 15 is 0 Å². The first kappa shape index (κ1) is 18.8. The predicted octanol–water partition coefficient (Wildman–Crippen LogP) is 5.05. The molecule has 130 valence electrons. The van der Waals surface area contributed by atoms with Crippen LogP contribution < -0.4 is 9.64 Å². The number of hydrogen-bond acceptors (Lipinski definition) is 4. The molecule has 24 heavy (non-hydrogen) atoms. The molecule has 0 N–H and O–H groups in total. The molecule has 0 aliphatic rings. The van der Waals surface area contributed by atoms with Crippen LogP contribution in [0.4, 0.5) is 24.7 Å². The number of alkyl halides is 3. The van der Waals surface area contributed by atoms with Gasteiger partial charge in [0.1, 0.15) is 11.2 Å². The van der Waals surface area contributed by atoms with Crippen molar-refractivity contribution in [3.05, 3.63) is 39.6 Å². The van der Waals surface area contributed by atoms with Gasteiger partial charge in [0.25, 0.3) is 0 Å². The van der Waals surface area contributed by atoms with Crippen molar-refractivity contribution in [3.63, 3.8) is 0 Å². The van der Waals surface area contributed by atoms with Crippen molar-refractivity contribution in [1.82, 2.24) is 9.97 Å². The third kappa shape index (κ3) is 4.71. The Morgan fingerprint density at radius 3 is 2.38 bits per heavy atom. The second-order valence-corrected chi connectivity index (χ2v) is 7.39. The summed E-state index contributed by atoms with van der Waals surface area (Å²) in [6.45, 7) is 5.32. The van der Waals surface area contributed by atoms with E-state index in [1.165, 1.54) is 11.9 Å². The van der Waals surface area contributed by atoms with E-state index in [2.05, 4.69) is 32.6 Å². The van der Waals surface area contributed by atoms with Crippen molar-refractivity contribution >= 4 is 34.1 Å². The molecule has 0 fully saturated rings.